The molecule has 4 rings (SSSR count). The number of fused-ring (bicyclic) bond motifs is 3. The second-order valence-electron chi connectivity index (χ2n) is 7.98. The van der Waals surface area contributed by atoms with Gasteiger partial charge in [-0.05, 0) is 60.4 Å². The summed E-state index contributed by atoms with van der Waals surface area (Å²) in [7, 11) is 3.00. The molecule has 1 atom stereocenters. The van der Waals surface area contributed by atoms with Crippen LogP contribution in [0, 0.1) is 11.6 Å². The Morgan fingerprint density at radius 3 is 2.52 bits per heavy atom. The monoisotopic (exact) mass is 451 g/mol. The molecule has 0 saturated heterocycles. The number of benzene rings is 2. The highest BCUT2D eigenvalue weighted by atomic mass is 19.1. The Hall–Kier alpha value is -3.81. The Bertz CT molecular complexity index is 1310. The maximum Gasteiger partial charge on any atom is 0.250 e. The number of carbonyl (C=O) groups is 1. The number of aliphatic imine (C=N–C) groups is 1. The molecule has 0 bridgehead atoms. The first kappa shape index (κ1) is 22.4. The fraction of sp³-hybridized carbons (Fsp3) is 0.240. The van der Waals surface area contributed by atoms with Crippen LogP contribution in [0.5, 0.6) is 5.75 Å². The van der Waals surface area contributed by atoms with Crippen LogP contribution >= 0.6 is 0 Å². The van der Waals surface area contributed by atoms with Crippen LogP contribution in [-0.4, -0.2) is 23.3 Å². The van der Waals surface area contributed by atoms with Crippen molar-refractivity contribution in [3.63, 3.8) is 0 Å². The molecule has 2 N–H and O–H groups in total. The molecule has 1 aliphatic rings. The highest BCUT2D eigenvalue weighted by Crippen LogP contribution is 2.41. The molecule has 0 saturated carbocycles. The van der Waals surface area contributed by atoms with Gasteiger partial charge in [0.05, 0.1) is 18.9 Å². The third-order valence-corrected chi connectivity index (χ3v) is 5.76. The minimum absolute atomic E-state index is 0.0436. The van der Waals surface area contributed by atoms with Gasteiger partial charge >= 0.3 is 0 Å². The number of aromatic nitrogens is 1. The summed E-state index contributed by atoms with van der Waals surface area (Å²) in [5, 5.41) is 0. The van der Waals surface area contributed by atoms with Gasteiger partial charge in [0.25, 0.3) is 5.56 Å². The number of pyridine rings is 1. The zero-order chi connectivity index (χ0) is 23.7. The van der Waals surface area contributed by atoms with Crippen molar-refractivity contribution in [2.75, 3.05) is 7.11 Å². The quantitative estimate of drug-likeness (QED) is 0.617. The van der Waals surface area contributed by atoms with E-state index in [1.54, 1.807) is 31.4 Å². The van der Waals surface area contributed by atoms with E-state index < -0.39 is 23.6 Å². The van der Waals surface area contributed by atoms with Crippen LogP contribution in [0.4, 0.5) is 8.78 Å². The normalized spacial score (nSPS) is 14.7. The lowest BCUT2D eigenvalue weighted by Gasteiger charge is -2.16. The van der Waals surface area contributed by atoms with Crippen LogP contribution in [0.15, 0.2) is 58.4 Å². The molecule has 6 nitrogen and oxygen atoms in total. The van der Waals surface area contributed by atoms with Crippen LogP contribution in [0.25, 0.3) is 11.1 Å². The van der Waals surface area contributed by atoms with Crippen LogP contribution < -0.4 is 16.0 Å². The predicted molar refractivity (Wildman–Crippen MR) is 121 cm³/mol. The summed E-state index contributed by atoms with van der Waals surface area (Å²) in [4.78, 5) is 28.8. The Balaban J connectivity index is 2.01. The first-order valence-corrected chi connectivity index (χ1v) is 10.5. The van der Waals surface area contributed by atoms with Crippen molar-refractivity contribution in [2.24, 2.45) is 17.8 Å². The van der Waals surface area contributed by atoms with Crippen molar-refractivity contribution in [3.8, 4) is 16.9 Å². The number of ether oxygens (including phenoxy) is 1. The average molecular weight is 451 g/mol. The molecule has 0 spiro atoms. The lowest BCUT2D eigenvalue weighted by Crippen LogP contribution is -2.18. The van der Waals surface area contributed by atoms with Gasteiger partial charge in [-0.2, -0.15) is 0 Å². The molecule has 1 amide bonds. The zero-order valence-corrected chi connectivity index (χ0v) is 18.3. The molecule has 8 heteroatoms. The Morgan fingerprint density at radius 1 is 1.12 bits per heavy atom. The van der Waals surface area contributed by atoms with Gasteiger partial charge in [-0.25, -0.2) is 8.78 Å². The fourth-order valence-electron chi connectivity index (χ4n) is 4.10. The molecule has 1 aromatic heterocycles. The minimum Gasteiger partial charge on any atom is -0.494 e. The number of rotatable bonds is 6. The van der Waals surface area contributed by atoms with Gasteiger partial charge in [-0.15, -0.1) is 0 Å². The smallest absolute Gasteiger partial charge is 0.250 e. The first-order valence-electron chi connectivity index (χ1n) is 10.5. The van der Waals surface area contributed by atoms with E-state index in [1.165, 1.54) is 35.9 Å². The lowest BCUT2D eigenvalue weighted by atomic mass is 9.91. The van der Waals surface area contributed by atoms with Gasteiger partial charge < -0.3 is 15.0 Å². The number of hydrogen-bond acceptors (Lipinski definition) is 4. The fourth-order valence-corrected chi connectivity index (χ4v) is 4.10. The number of nitrogens with zero attached hydrogens (tertiary/aromatic N) is 2. The summed E-state index contributed by atoms with van der Waals surface area (Å²) in [5.41, 5.74) is 8.64. The summed E-state index contributed by atoms with van der Waals surface area (Å²) >= 11 is 0. The van der Waals surface area contributed by atoms with Gasteiger partial charge in [0.15, 0.2) is 11.6 Å². The second-order valence-corrected chi connectivity index (χ2v) is 7.98. The number of nitrogens with two attached hydrogens (primary N) is 1. The van der Waals surface area contributed by atoms with Gasteiger partial charge in [0.2, 0.25) is 5.91 Å². The molecule has 2 aromatic carbocycles. The van der Waals surface area contributed by atoms with Crippen molar-refractivity contribution in [3.05, 3.63) is 87.3 Å². The molecule has 0 unspecified atom stereocenters. The number of amides is 1. The van der Waals surface area contributed by atoms with Crippen LogP contribution in [0.3, 0.4) is 0 Å². The third kappa shape index (κ3) is 4.41. The third-order valence-electron chi connectivity index (χ3n) is 5.76. The van der Waals surface area contributed by atoms with Crippen LogP contribution in [-0.2, 0) is 11.8 Å². The number of hydrogen-bond donors (Lipinski definition) is 1. The van der Waals surface area contributed by atoms with Crippen molar-refractivity contribution < 1.29 is 18.3 Å². The molecular formula is C25H23F2N3O3. The average Bonchev–Trinajstić information content (AvgIpc) is 2.89. The molecular weight excluding hydrogens is 428 g/mol. The summed E-state index contributed by atoms with van der Waals surface area (Å²) in [6.45, 7) is 0. The van der Waals surface area contributed by atoms with Crippen molar-refractivity contribution in [1.29, 1.82) is 0 Å². The molecule has 170 valence electrons. The number of aryl methyl sites for hydroxylation is 1. The maximum absolute atomic E-state index is 14.8. The number of methoxy groups -OCH3 is 1. The predicted octanol–water partition coefficient (Wildman–Crippen LogP) is 3.89. The highest BCUT2D eigenvalue weighted by Gasteiger charge is 2.27. The van der Waals surface area contributed by atoms with Gasteiger partial charge in [-0.1, -0.05) is 0 Å². The Morgan fingerprint density at radius 2 is 1.85 bits per heavy atom. The van der Waals surface area contributed by atoms with E-state index in [0.717, 1.165) is 0 Å². The molecule has 2 heterocycles. The van der Waals surface area contributed by atoms with Crippen molar-refractivity contribution in [1.82, 2.24) is 4.57 Å². The van der Waals surface area contributed by atoms with Gasteiger partial charge in [-0.3, -0.25) is 14.6 Å². The van der Waals surface area contributed by atoms with E-state index in [1.807, 2.05) is 0 Å². The Labute approximate surface area is 189 Å². The first-order chi connectivity index (χ1) is 15.8. The number of carbonyl (C=O) groups excluding carboxylic acids is 1. The molecule has 0 fully saturated rings. The zero-order valence-electron chi connectivity index (χ0n) is 18.3. The largest absolute Gasteiger partial charge is 0.494 e. The summed E-state index contributed by atoms with van der Waals surface area (Å²) < 4.78 is 35.1. The molecule has 33 heavy (non-hydrogen) atoms. The lowest BCUT2D eigenvalue weighted by molar-refractivity contribution is -0.118. The molecule has 1 aliphatic heterocycles. The summed E-state index contributed by atoms with van der Waals surface area (Å²) in [6, 6.07) is 9.78. The van der Waals surface area contributed by atoms with Crippen molar-refractivity contribution >= 4 is 11.6 Å². The van der Waals surface area contributed by atoms with Gasteiger partial charge in [0.1, 0.15) is 5.82 Å². The van der Waals surface area contributed by atoms with Crippen LogP contribution in [0.1, 0.15) is 42.0 Å². The minimum atomic E-state index is -0.554. The van der Waals surface area contributed by atoms with Crippen molar-refractivity contribution in [2.45, 2.75) is 25.3 Å². The number of primary amides is 1. The van der Waals surface area contributed by atoms with E-state index in [2.05, 4.69) is 0 Å². The standard InChI is InChI=1S/C25H23F2N3O3/c1-30-13-19-16-10-20(27)22(33-2)11-18(16)25(14-6-8-15(26)9-7-14)29-21(4-3-5-23(28)31)17(19)12-24(30)32/h6-13,21H,3-5H2,1-2H3,(H2,28,31)/t21-/m0/s1. The van der Waals surface area contributed by atoms with E-state index >= 15 is 0 Å². The van der Waals surface area contributed by atoms with E-state index in [9.17, 15) is 18.4 Å². The summed E-state index contributed by atoms with van der Waals surface area (Å²) in [5.74, 6) is -1.33. The van der Waals surface area contributed by atoms with Crippen LogP contribution in [0.2, 0.25) is 0 Å². The molecule has 0 radical (unpaired) electrons. The molecule has 3 aromatic rings. The maximum atomic E-state index is 14.8. The summed E-state index contributed by atoms with van der Waals surface area (Å²) in [6.07, 6.45) is 2.74. The van der Waals surface area contributed by atoms with E-state index in [0.29, 0.717) is 46.4 Å². The SMILES string of the molecule is COc1cc2c(cc1F)-c1cn(C)c(=O)cc1[C@H](CCCC(N)=O)N=C2c1ccc(F)cc1. The topological polar surface area (TPSA) is 86.7 Å². The number of halogens is 2. The van der Waals surface area contributed by atoms with Gasteiger partial charge in [0, 0.05) is 42.4 Å². The highest BCUT2D eigenvalue weighted by molar-refractivity contribution is 6.17. The second kappa shape index (κ2) is 8.97. The Kier molecular flexibility index (Phi) is 6.09. The van der Waals surface area contributed by atoms with E-state index in [4.69, 9.17) is 15.5 Å². The molecule has 0 aliphatic carbocycles. The van der Waals surface area contributed by atoms with E-state index in [-0.39, 0.29) is 17.7 Å².